The van der Waals surface area contributed by atoms with Crippen LogP contribution in [0.15, 0.2) is 28.9 Å². The number of rotatable bonds is 2. The molecule has 2 unspecified atom stereocenters. The van der Waals surface area contributed by atoms with Crippen molar-refractivity contribution >= 4 is 6.21 Å². The van der Waals surface area contributed by atoms with Crippen LogP contribution >= 0.6 is 0 Å². The molecule has 0 bridgehead atoms. The Kier molecular flexibility index (Phi) is 3.30. The van der Waals surface area contributed by atoms with Crippen molar-refractivity contribution in [3.05, 3.63) is 23.9 Å². The Morgan fingerprint density at radius 3 is 2.79 bits per heavy atom. The topological polar surface area (TPSA) is 12.4 Å². The summed E-state index contributed by atoms with van der Waals surface area (Å²) in [5.41, 5.74) is 2.71. The minimum absolute atomic E-state index is 0.190. The van der Waals surface area contributed by atoms with Gasteiger partial charge in [0.1, 0.15) is 0 Å². The van der Waals surface area contributed by atoms with Crippen molar-refractivity contribution in [1.82, 2.24) is 0 Å². The van der Waals surface area contributed by atoms with Crippen LogP contribution in [0.3, 0.4) is 0 Å². The molecule has 1 nitrogen and oxygen atoms in total. The van der Waals surface area contributed by atoms with Gasteiger partial charge in [0.2, 0.25) is 0 Å². The van der Waals surface area contributed by atoms with Crippen LogP contribution in [-0.2, 0) is 0 Å². The van der Waals surface area contributed by atoms with Crippen molar-refractivity contribution in [2.45, 2.75) is 40.5 Å². The van der Waals surface area contributed by atoms with Gasteiger partial charge in [0, 0.05) is 12.4 Å². The number of aliphatic imine (C=N–C) groups is 1. The van der Waals surface area contributed by atoms with E-state index >= 15 is 0 Å². The highest BCUT2D eigenvalue weighted by Crippen LogP contribution is 2.42. The van der Waals surface area contributed by atoms with Gasteiger partial charge in [-0.1, -0.05) is 39.3 Å². The Morgan fingerprint density at radius 2 is 2.21 bits per heavy atom. The van der Waals surface area contributed by atoms with E-state index in [0.717, 1.165) is 0 Å². The highest BCUT2D eigenvalue weighted by Gasteiger charge is 2.34. The summed E-state index contributed by atoms with van der Waals surface area (Å²) in [7, 11) is 0. The maximum atomic E-state index is 4.27. The van der Waals surface area contributed by atoms with Crippen molar-refractivity contribution in [3.8, 4) is 0 Å². The Labute approximate surface area is 87.6 Å². The maximum Gasteiger partial charge on any atom is 0.0299 e. The van der Waals surface area contributed by atoms with E-state index in [1.54, 1.807) is 0 Å². The zero-order valence-corrected chi connectivity index (χ0v) is 9.80. The first-order valence-corrected chi connectivity index (χ1v) is 5.41. The molecule has 1 aliphatic heterocycles. The van der Waals surface area contributed by atoms with Crippen LogP contribution < -0.4 is 0 Å². The number of allylic oxidation sites excluding steroid dienone is 2. The van der Waals surface area contributed by atoms with Gasteiger partial charge in [0.25, 0.3) is 0 Å². The fourth-order valence-electron chi connectivity index (χ4n) is 2.18. The first-order chi connectivity index (χ1) is 6.52. The molecule has 0 aromatic heterocycles. The summed E-state index contributed by atoms with van der Waals surface area (Å²) in [5, 5.41) is 0. The second-order valence-corrected chi connectivity index (χ2v) is 4.57. The molecule has 0 fully saturated rings. The zero-order chi connectivity index (χ0) is 10.8. The minimum Gasteiger partial charge on any atom is -0.264 e. The third-order valence-corrected chi connectivity index (χ3v) is 3.65. The molecule has 2 atom stereocenters. The highest BCUT2D eigenvalue weighted by molar-refractivity contribution is 5.80. The minimum atomic E-state index is 0.190. The van der Waals surface area contributed by atoms with Crippen molar-refractivity contribution < 1.29 is 0 Å². The van der Waals surface area contributed by atoms with Crippen LogP contribution in [0.1, 0.15) is 40.5 Å². The van der Waals surface area contributed by atoms with E-state index in [9.17, 15) is 0 Å². The first-order valence-electron chi connectivity index (χ1n) is 5.41. The molecule has 14 heavy (non-hydrogen) atoms. The van der Waals surface area contributed by atoms with Gasteiger partial charge < -0.3 is 0 Å². The lowest BCUT2D eigenvalue weighted by Crippen LogP contribution is -2.28. The van der Waals surface area contributed by atoms with Gasteiger partial charge in [0.05, 0.1) is 0 Å². The summed E-state index contributed by atoms with van der Waals surface area (Å²) >= 11 is 0. The van der Waals surface area contributed by atoms with E-state index in [1.807, 2.05) is 12.4 Å². The van der Waals surface area contributed by atoms with Crippen molar-refractivity contribution in [1.29, 1.82) is 0 Å². The Bertz CT molecular complexity index is 286. The molecule has 0 saturated heterocycles. The summed E-state index contributed by atoms with van der Waals surface area (Å²) in [5.74, 6) is 0.539. The third kappa shape index (κ3) is 1.82. The Morgan fingerprint density at radius 1 is 1.57 bits per heavy atom. The van der Waals surface area contributed by atoms with Crippen LogP contribution in [0.5, 0.6) is 0 Å². The monoisotopic (exact) mass is 191 g/mol. The fraction of sp³-hybridized carbons (Fsp3) is 0.615. The van der Waals surface area contributed by atoms with Crippen molar-refractivity contribution in [2.24, 2.45) is 16.3 Å². The predicted molar refractivity (Wildman–Crippen MR) is 63.6 cm³/mol. The molecule has 1 heterocycles. The van der Waals surface area contributed by atoms with Gasteiger partial charge in [0.15, 0.2) is 0 Å². The second kappa shape index (κ2) is 4.12. The molecule has 0 aromatic rings. The largest absolute Gasteiger partial charge is 0.264 e. The smallest absolute Gasteiger partial charge is 0.0299 e. The summed E-state index contributed by atoms with van der Waals surface area (Å²) in [6, 6.07) is 0. The van der Waals surface area contributed by atoms with Crippen LogP contribution in [-0.4, -0.2) is 6.21 Å². The van der Waals surface area contributed by atoms with Gasteiger partial charge in [-0.2, -0.15) is 0 Å². The van der Waals surface area contributed by atoms with E-state index in [-0.39, 0.29) is 5.41 Å². The average molecular weight is 191 g/mol. The van der Waals surface area contributed by atoms with Gasteiger partial charge in [-0.3, -0.25) is 4.99 Å². The molecular formula is C13H21N. The second-order valence-electron chi connectivity index (χ2n) is 4.57. The van der Waals surface area contributed by atoms with E-state index in [0.29, 0.717) is 5.92 Å². The third-order valence-electron chi connectivity index (χ3n) is 3.65. The predicted octanol–water partition coefficient (Wildman–Crippen LogP) is 3.97. The zero-order valence-electron chi connectivity index (χ0n) is 9.80. The quantitative estimate of drug-likeness (QED) is 0.626. The molecule has 0 aliphatic carbocycles. The average Bonchev–Trinajstić information content (AvgIpc) is 2.22. The molecule has 1 heteroatoms. The summed E-state index contributed by atoms with van der Waals surface area (Å²) < 4.78 is 0. The van der Waals surface area contributed by atoms with Gasteiger partial charge >= 0.3 is 0 Å². The van der Waals surface area contributed by atoms with Crippen LogP contribution in [0.2, 0.25) is 0 Å². The van der Waals surface area contributed by atoms with Crippen LogP contribution in [0, 0.1) is 11.3 Å². The number of hydrogen-bond acceptors (Lipinski definition) is 1. The first kappa shape index (κ1) is 11.2. The van der Waals surface area contributed by atoms with Crippen molar-refractivity contribution in [2.75, 3.05) is 0 Å². The number of nitrogens with zero attached hydrogens (tertiary/aromatic N) is 1. The molecular weight excluding hydrogens is 170 g/mol. The Balaban J connectivity index is 3.05. The van der Waals surface area contributed by atoms with Crippen LogP contribution in [0.4, 0.5) is 0 Å². The molecule has 0 aromatic carbocycles. The lowest BCUT2D eigenvalue weighted by Gasteiger charge is -2.36. The molecule has 0 radical (unpaired) electrons. The molecule has 1 aliphatic rings. The summed E-state index contributed by atoms with van der Waals surface area (Å²) in [4.78, 5) is 4.27. The maximum absolute atomic E-state index is 4.27. The van der Waals surface area contributed by atoms with Crippen molar-refractivity contribution in [3.63, 3.8) is 0 Å². The lowest BCUT2D eigenvalue weighted by atomic mass is 9.68. The Hall–Kier alpha value is -0.850. The van der Waals surface area contributed by atoms with E-state index < -0.39 is 0 Å². The van der Waals surface area contributed by atoms with E-state index in [2.05, 4.69) is 39.3 Å². The van der Waals surface area contributed by atoms with Gasteiger partial charge in [-0.05, 0) is 30.3 Å². The standard InChI is InChI=1S/C13H21N/c1-6-7-13(5)11(3)9-14-8-10(2)12(13)4/h8-9,12H,3,6-7H2,1-2,4-5H3. The summed E-state index contributed by atoms with van der Waals surface area (Å²) in [6.45, 7) is 13.1. The fourth-order valence-corrected chi connectivity index (χ4v) is 2.18. The molecule has 1 rings (SSSR count). The molecule has 78 valence electrons. The molecule has 0 saturated carbocycles. The van der Waals surface area contributed by atoms with Gasteiger partial charge in [-0.15, -0.1) is 0 Å². The normalized spacial score (nSPS) is 32.7. The molecule has 0 amide bonds. The lowest BCUT2D eigenvalue weighted by molar-refractivity contribution is 0.280. The van der Waals surface area contributed by atoms with Crippen LogP contribution in [0.25, 0.3) is 0 Å². The molecule has 0 N–H and O–H groups in total. The SMILES string of the molecule is C=C1C=NC=C(C)C(C)C1(C)CCC. The van der Waals surface area contributed by atoms with E-state index in [1.165, 1.54) is 24.0 Å². The van der Waals surface area contributed by atoms with Gasteiger partial charge in [-0.25, -0.2) is 0 Å². The molecule has 0 spiro atoms. The number of hydrogen-bond donors (Lipinski definition) is 0. The summed E-state index contributed by atoms with van der Waals surface area (Å²) in [6.07, 6.45) is 6.27. The van der Waals surface area contributed by atoms with E-state index in [4.69, 9.17) is 0 Å². The highest BCUT2D eigenvalue weighted by atomic mass is 14.7.